The minimum absolute atomic E-state index is 0.00638. The highest BCUT2D eigenvalue weighted by atomic mass is 16.5. The number of carbonyl (C=O) groups excluding carboxylic acids is 4. The predicted molar refractivity (Wildman–Crippen MR) is 183 cm³/mol. The number of ether oxygens (including phenoxy) is 2. The normalized spacial score (nSPS) is 37.7. The number of fused-ring (bicyclic) bond motifs is 5. The third-order valence-electron chi connectivity index (χ3n) is 13.2. The molecule has 1 saturated heterocycles. The number of nitrogens with one attached hydrogen (secondary N) is 1. The fraction of sp³-hybridized carbons (Fsp3) is 0.650. The molecule has 1 unspecified atom stereocenters. The lowest BCUT2D eigenvalue weighted by molar-refractivity contribution is -0.181. The molecule has 49 heavy (non-hydrogen) atoms. The number of hydrogen-bond acceptors (Lipinski definition) is 8. The van der Waals surface area contributed by atoms with Crippen molar-refractivity contribution in [1.29, 1.82) is 0 Å². The molecule has 0 aromatic heterocycles. The quantitative estimate of drug-likeness (QED) is 0.297. The summed E-state index contributed by atoms with van der Waals surface area (Å²) < 4.78 is 11.3. The van der Waals surface area contributed by atoms with Crippen LogP contribution in [0.15, 0.2) is 54.1 Å². The maximum absolute atomic E-state index is 13.6. The molecule has 3 N–H and O–H groups in total. The Morgan fingerprint density at radius 3 is 2.53 bits per heavy atom. The first-order valence-corrected chi connectivity index (χ1v) is 18.1. The maximum Gasteiger partial charge on any atom is 0.306 e. The Morgan fingerprint density at radius 1 is 1.04 bits per heavy atom. The molecular formula is C40H53NO8. The van der Waals surface area contributed by atoms with Crippen LogP contribution >= 0.6 is 0 Å². The molecule has 1 aromatic carbocycles. The van der Waals surface area contributed by atoms with Crippen molar-refractivity contribution in [3.63, 3.8) is 0 Å². The van der Waals surface area contributed by atoms with Gasteiger partial charge < -0.3 is 25.0 Å². The number of allylic oxidation sites excluding steroid dienone is 4. The molecule has 9 nitrogen and oxygen atoms in total. The molecule has 5 aliphatic rings. The SMILES string of the molecule is CC1(C)CC(CCNC(=O)CCC(=O)OCC(=O)[C@@]2(O)CC[C@H]3[C@@H]4CCC5=CC(=O)C=C[C@]5(C)[C@H]4[C@@H](O)C[C@@]32C)(c2ccccc2)CCO1. The summed E-state index contributed by atoms with van der Waals surface area (Å²) in [5.74, 6) is -1.53. The molecule has 9 heteroatoms. The average molecular weight is 676 g/mol. The van der Waals surface area contributed by atoms with Crippen LogP contribution in [0.3, 0.4) is 0 Å². The second kappa shape index (κ2) is 13.2. The highest BCUT2D eigenvalue weighted by molar-refractivity contribution is 6.01. The van der Waals surface area contributed by atoms with Gasteiger partial charge in [-0.05, 0) is 94.8 Å². The molecular weight excluding hydrogens is 622 g/mol. The Labute approximate surface area is 289 Å². The molecule has 1 aromatic rings. The van der Waals surface area contributed by atoms with Crippen LogP contribution in [0.1, 0.15) is 97.5 Å². The Hall–Kier alpha value is -3.14. The minimum Gasteiger partial charge on any atom is -0.458 e. The van der Waals surface area contributed by atoms with E-state index in [4.69, 9.17) is 9.47 Å². The first-order valence-electron chi connectivity index (χ1n) is 18.1. The van der Waals surface area contributed by atoms with Crippen molar-refractivity contribution in [2.45, 2.75) is 115 Å². The highest BCUT2D eigenvalue weighted by Gasteiger charge is 2.68. The topological polar surface area (TPSA) is 139 Å². The number of aliphatic hydroxyl groups is 2. The third-order valence-corrected chi connectivity index (χ3v) is 13.2. The number of Topliss-reactive ketones (excluding diaryl/α,β-unsaturated/α-hetero) is 1. The summed E-state index contributed by atoms with van der Waals surface area (Å²) in [6.07, 6.45) is 9.33. The summed E-state index contributed by atoms with van der Waals surface area (Å²) in [5.41, 5.74) is -1.15. The molecule has 0 spiro atoms. The average Bonchev–Trinajstić information content (AvgIpc) is 3.33. The van der Waals surface area contributed by atoms with Gasteiger partial charge in [-0.15, -0.1) is 0 Å². The second-order valence-corrected chi connectivity index (χ2v) is 16.5. The number of hydrogen-bond donors (Lipinski definition) is 3. The Kier molecular flexibility index (Phi) is 9.61. The molecule has 4 fully saturated rings. The Bertz CT molecular complexity index is 1530. The minimum atomic E-state index is -1.73. The van der Waals surface area contributed by atoms with Gasteiger partial charge in [0, 0.05) is 41.7 Å². The van der Waals surface area contributed by atoms with E-state index in [9.17, 15) is 29.4 Å². The first-order chi connectivity index (χ1) is 23.1. The lowest BCUT2D eigenvalue weighted by Gasteiger charge is -2.59. The molecule has 6 rings (SSSR count). The molecule has 0 bridgehead atoms. The van der Waals surface area contributed by atoms with E-state index in [1.54, 1.807) is 12.2 Å². The number of esters is 1. The van der Waals surface area contributed by atoms with Gasteiger partial charge in [-0.1, -0.05) is 55.8 Å². The molecule has 1 amide bonds. The molecule has 4 aliphatic carbocycles. The van der Waals surface area contributed by atoms with E-state index in [1.165, 1.54) is 5.56 Å². The summed E-state index contributed by atoms with van der Waals surface area (Å²) in [7, 11) is 0. The molecule has 1 aliphatic heterocycles. The van der Waals surface area contributed by atoms with E-state index in [0.29, 0.717) is 19.6 Å². The van der Waals surface area contributed by atoms with Crippen LogP contribution in [-0.4, -0.2) is 70.7 Å². The molecule has 1 heterocycles. The zero-order valence-electron chi connectivity index (χ0n) is 29.5. The molecule has 3 saturated carbocycles. The summed E-state index contributed by atoms with van der Waals surface area (Å²) in [6.45, 7) is 8.71. The number of carbonyl (C=O) groups is 4. The number of rotatable bonds is 10. The standard InChI is InChI=1S/C40H53NO8/c1-36(2)25-39(19-21-49-36,26-8-6-5-7-9-26)18-20-41-33(45)12-13-34(46)48-24-32(44)40(47)17-15-30-29-11-10-27-22-28(42)14-16-37(27,3)35(29)31(43)23-38(30,40)4/h5-9,14,16,22,29-31,35,43,47H,10-13,15,17-21,23-25H2,1-4H3,(H,41,45)/t29-,30-,31-,35+,37-,38-,39?,40-/m0/s1. The van der Waals surface area contributed by atoms with E-state index in [1.807, 2.05) is 31.2 Å². The zero-order valence-corrected chi connectivity index (χ0v) is 29.5. The van der Waals surface area contributed by atoms with Gasteiger partial charge in [-0.2, -0.15) is 0 Å². The fourth-order valence-corrected chi connectivity index (χ4v) is 10.7. The highest BCUT2D eigenvalue weighted by Crippen LogP contribution is 2.67. The molecule has 266 valence electrons. The van der Waals surface area contributed by atoms with Gasteiger partial charge in [-0.3, -0.25) is 19.2 Å². The van der Waals surface area contributed by atoms with Crippen LogP contribution in [0.25, 0.3) is 0 Å². The van der Waals surface area contributed by atoms with Crippen LogP contribution in [-0.2, 0) is 34.1 Å². The number of amides is 1. The van der Waals surface area contributed by atoms with E-state index >= 15 is 0 Å². The number of benzene rings is 1. The van der Waals surface area contributed by atoms with Crippen molar-refractivity contribution >= 4 is 23.4 Å². The number of aliphatic hydroxyl groups excluding tert-OH is 1. The number of ketones is 2. The monoisotopic (exact) mass is 675 g/mol. The second-order valence-electron chi connectivity index (χ2n) is 16.5. The van der Waals surface area contributed by atoms with Crippen molar-refractivity contribution in [2.75, 3.05) is 19.8 Å². The Morgan fingerprint density at radius 2 is 1.80 bits per heavy atom. The van der Waals surface area contributed by atoms with Gasteiger partial charge in [-0.25, -0.2) is 0 Å². The van der Waals surface area contributed by atoms with Crippen molar-refractivity contribution in [1.82, 2.24) is 5.32 Å². The van der Waals surface area contributed by atoms with E-state index in [2.05, 4.69) is 38.2 Å². The lowest BCUT2D eigenvalue weighted by atomic mass is 9.46. The van der Waals surface area contributed by atoms with Gasteiger partial charge in [0.15, 0.2) is 12.4 Å². The summed E-state index contributed by atoms with van der Waals surface area (Å²) >= 11 is 0. The fourth-order valence-electron chi connectivity index (χ4n) is 10.7. The van der Waals surface area contributed by atoms with E-state index in [0.717, 1.165) is 37.7 Å². The van der Waals surface area contributed by atoms with Gasteiger partial charge in [0.2, 0.25) is 11.7 Å². The predicted octanol–water partition coefficient (Wildman–Crippen LogP) is 4.92. The van der Waals surface area contributed by atoms with E-state index in [-0.39, 0.29) is 66.1 Å². The lowest BCUT2D eigenvalue weighted by Crippen LogP contribution is -2.61. The van der Waals surface area contributed by atoms with Crippen LogP contribution in [0, 0.1) is 28.6 Å². The first kappa shape index (κ1) is 35.7. The van der Waals surface area contributed by atoms with Gasteiger partial charge in [0.05, 0.1) is 18.1 Å². The van der Waals surface area contributed by atoms with Gasteiger partial charge in [0.25, 0.3) is 0 Å². The Balaban J connectivity index is 1.00. The van der Waals surface area contributed by atoms with Gasteiger partial charge >= 0.3 is 5.97 Å². The summed E-state index contributed by atoms with van der Waals surface area (Å²) in [6, 6.07) is 10.3. The maximum atomic E-state index is 13.6. The van der Waals surface area contributed by atoms with Crippen LogP contribution in [0.5, 0.6) is 0 Å². The zero-order chi connectivity index (χ0) is 35.2. The van der Waals surface area contributed by atoms with Crippen LogP contribution < -0.4 is 5.32 Å². The molecule has 0 radical (unpaired) electrons. The van der Waals surface area contributed by atoms with Crippen LogP contribution in [0.4, 0.5) is 0 Å². The largest absolute Gasteiger partial charge is 0.458 e. The van der Waals surface area contributed by atoms with Crippen molar-refractivity contribution in [2.24, 2.45) is 28.6 Å². The van der Waals surface area contributed by atoms with Gasteiger partial charge in [0.1, 0.15) is 5.60 Å². The van der Waals surface area contributed by atoms with E-state index < -0.39 is 40.9 Å². The third kappa shape index (κ3) is 6.47. The van der Waals surface area contributed by atoms with Crippen molar-refractivity contribution in [3.05, 3.63) is 59.7 Å². The van der Waals surface area contributed by atoms with Crippen molar-refractivity contribution in [3.8, 4) is 0 Å². The molecule has 8 atom stereocenters. The summed E-state index contributed by atoms with van der Waals surface area (Å²) in [4.78, 5) is 51.1. The van der Waals surface area contributed by atoms with Crippen molar-refractivity contribution < 1.29 is 38.9 Å². The summed E-state index contributed by atoms with van der Waals surface area (Å²) in [5, 5.41) is 26.5. The van der Waals surface area contributed by atoms with Crippen LogP contribution in [0.2, 0.25) is 0 Å². The smallest absolute Gasteiger partial charge is 0.306 e.